The van der Waals surface area contributed by atoms with Crippen LogP contribution in [0.3, 0.4) is 0 Å². The van der Waals surface area contributed by atoms with Crippen molar-refractivity contribution < 1.29 is 4.79 Å². The SMILES string of the molecule is CC(C)(C)c1ccc(/C=C/C(=O)c2ccccc2)cc1. The van der Waals surface area contributed by atoms with Crippen LogP contribution in [0.5, 0.6) is 0 Å². The monoisotopic (exact) mass is 264 g/mol. The Bertz CT molecular complexity index is 598. The molecule has 0 amide bonds. The highest BCUT2D eigenvalue weighted by atomic mass is 16.1. The number of hydrogen-bond donors (Lipinski definition) is 0. The Labute approximate surface area is 121 Å². The maximum Gasteiger partial charge on any atom is 0.185 e. The zero-order valence-corrected chi connectivity index (χ0v) is 12.3. The molecule has 2 rings (SSSR count). The van der Waals surface area contributed by atoms with Gasteiger partial charge in [-0.1, -0.05) is 81.4 Å². The third-order valence-electron chi connectivity index (χ3n) is 3.26. The number of ketones is 1. The normalized spacial score (nSPS) is 11.8. The van der Waals surface area contributed by atoms with Gasteiger partial charge in [-0.15, -0.1) is 0 Å². The first-order valence-electron chi connectivity index (χ1n) is 6.85. The van der Waals surface area contributed by atoms with Gasteiger partial charge in [-0.05, 0) is 22.6 Å². The molecule has 2 aromatic carbocycles. The van der Waals surface area contributed by atoms with E-state index in [1.54, 1.807) is 6.08 Å². The fraction of sp³-hybridized carbons (Fsp3) is 0.211. The molecule has 0 saturated carbocycles. The van der Waals surface area contributed by atoms with Gasteiger partial charge < -0.3 is 0 Å². The molecular weight excluding hydrogens is 244 g/mol. The average molecular weight is 264 g/mol. The third kappa shape index (κ3) is 3.67. The number of carbonyl (C=O) groups excluding carboxylic acids is 1. The molecule has 0 aliphatic carbocycles. The van der Waals surface area contributed by atoms with Crippen molar-refractivity contribution in [3.8, 4) is 0 Å². The Morgan fingerprint density at radius 1 is 0.900 bits per heavy atom. The zero-order chi connectivity index (χ0) is 14.6. The van der Waals surface area contributed by atoms with Gasteiger partial charge in [0.2, 0.25) is 0 Å². The Kier molecular flexibility index (Phi) is 4.19. The van der Waals surface area contributed by atoms with E-state index in [-0.39, 0.29) is 11.2 Å². The molecule has 0 fully saturated rings. The first-order valence-corrected chi connectivity index (χ1v) is 6.85. The van der Waals surface area contributed by atoms with Crippen molar-refractivity contribution in [3.63, 3.8) is 0 Å². The van der Waals surface area contributed by atoms with Crippen LogP contribution in [0.2, 0.25) is 0 Å². The highest BCUT2D eigenvalue weighted by Crippen LogP contribution is 2.22. The first kappa shape index (κ1) is 14.3. The number of carbonyl (C=O) groups is 1. The molecule has 0 bridgehead atoms. The lowest BCUT2D eigenvalue weighted by atomic mass is 9.87. The predicted molar refractivity (Wildman–Crippen MR) is 84.9 cm³/mol. The minimum Gasteiger partial charge on any atom is -0.289 e. The number of hydrogen-bond acceptors (Lipinski definition) is 1. The molecule has 0 atom stereocenters. The lowest BCUT2D eigenvalue weighted by molar-refractivity contribution is 0.104. The third-order valence-corrected chi connectivity index (χ3v) is 3.26. The topological polar surface area (TPSA) is 17.1 Å². The van der Waals surface area contributed by atoms with E-state index < -0.39 is 0 Å². The predicted octanol–water partition coefficient (Wildman–Crippen LogP) is 4.88. The number of benzene rings is 2. The van der Waals surface area contributed by atoms with Crippen molar-refractivity contribution in [2.45, 2.75) is 26.2 Å². The standard InChI is InChI=1S/C19H20O/c1-19(2,3)17-12-9-15(10-13-17)11-14-18(20)16-7-5-4-6-8-16/h4-14H,1-3H3/b14-11+. The fourth-order valence-corrected chi connectivity index (χ4v) is 1.96. The van der Waals surface area contributed by atoms with Gasteiger partial charge in [0, 0.05) is 5.56 Å². The summed E-state index contributed by atoms with van der Waals surface area (Å²) in [5.41, 5.74) is 3.21. The van der Waals surface area contributed by atoms with E-state index in [0.29, 0.717) is 0 Å². The van der Waals surface area contributed by atoms with E-state index in [0.717, 1.165) is 11.1 Å². The molecule has 0 unspecified atom stereocenters. The quantitative estimate of drug-likeness (QED) is 0.570. The van der Waals surface area contributed by atoms with Crippen molar-refractivity contribution >= 4 is 11.9 Å². The van der Waals surface area contributed by atoms with E-state index >= 15 is 0 Å². The van der Waals surface area contributed by atoms with E-state index in [9.17, 15) is 4.79 Å². The molecule has 0 spiro atoms. The van der Waals surface area contributed by atoms with Crippen LogP contribution in [-0.4, -0.2) is 5.78 Å². The summed E-state index contributed by atoms with van der Waals surface area (Å²) in [5.74, 6) is 0.0329. The van der Waals surface area contributed by atoms with Gasteiger partial charge in [-0.2, -0.15) is 0 Å². The summed E-state index contributed by atoms with van der Waals surface area (Å²) in [6.07, 6.45) is 3.49. The van der Waals surface area contributed by atoms with Gasteiger partial charge in [-0.3, -0.25) is 4.79 Å². The largest absolute Gasteiger partial charge is 0.289 e. The molecule has 0 radical (unpaired) electrons. The molecule has 0 saturated heterocycles. The molecule has 0 aliphatic rings. The van der Waals surface area contributed by atoms with Crippen molar-refractivity contribution in [1.82, 2.24) is 0 Å². The smallest absolute Gasteiger partial charge is 0.185 e. The summed E-state index contributed by atoms with van der Waals surface area (Å²) >= 11 is 0. The van der Waals surface area contributed by atoms with Crippen LogP contribution in [0, 0.1) is 0 Å². The van der Waals surface area contributed by atoms with Crippen molar-refractivity contribution in [2.75, 3.05) is 0 Å². The van der Waals surface area contributed by atoms with E-state index in [1.165, 1.54) is 5.56 Å². The summed E-state index contributed by atoms with van der Waals surface area (Å²) in [6.45, 7) is 6.57. The number of rotatable bonds is 3. The highest BCUT2D eigenvalue weighted by molar-refractivity contribution is 6.06. The minimum atomic E-state index is 0.0329. The average Bonchev–Trinajstić information content (AvgIpc) is 2.45. The van der Waals surface area contributed by atoms with E-state index in [4.69, 9.17) is 0 Å². The molecule has 0 aromatic heterocycles. The zero-order valence-electron chi connectivity index (χ0n) is 12.3. The molecule has 0 N–H and O–H groups in total. The van der Waals surface area contributed by atoms with Crippen molar-refractivity contribution in [2.24, 2.45) is 0 Å². The summed E-state index contributed by atoms with van der Waals surface area (Å²) in [5, 5.41) is 0. The molecular formula is C19H20O. The molecule has 1 nitrogen and oxygen atoms in total. The lowest BCUT2D eigenvalue weighted by Gasteiger charge is -2.18. The maximum absolute atomic E-state index is 12.0. The summed E-state index contributed by atoms with van der Waals surface area (Å²) < 4.78 is 0. The molecule has 0 aliphatic heterocycles. The van der Waals surface area contributed by atoms with Crippen LogP contribution in [0.25, 0.3) is 6.08 Å². The van der Waals surface area contributed by atoms with Crippen molar-refractivity contribution in [3.05, 3.63) is 77.4 Å². The second-order valence-electron chi connectivity index (χ2n) is 5.94. The second-order valence-corrected chi connectivity index (χ2v) is 5.94. The first-order chi connectivity index (χ1) is 9.47. The maximum atomic E-state index is 12.0. The molecule has 1 heteroatoms. The second kappa shape index (κ2) is 5.87. The minimum absolute atomic E-state index is 0.0329. The van der Waals surface area contributed by atoms with Crippen LogP contribution in [0.1, 0.15) is 42.3 Å². The summed E-state index contributed by atoms with van der Waals surface area (Å²) in [6, 6.07) is 17.7. The summed E-state index contributed by atoms with van der Waals surface area (Å²) in [4.78, 5) is 12.0. The van der Waals surface area contributed by atoms with Crippen molar-refractivity contribution in [1.29, 1.82) is 0 Å². The molecule has 20 heavy (non-hydrogen) atoms. The van der Waals surface area contributed by atoms with Crippen LogP contribution < -0.4 is 0 Å². The van der Waals surface area contributed by atoms with E-state index in [1.807, 2.05) is 36.4 Å². The van der Waals surface area contributed by atoms with Crippen LogP contribution in [0.4, 0.5) is 0 Å². The Balaban J connectivity index is 2.11. The van der Waals surface area contributed by atoms with Crippen LogP contribution in [0.15, 0.2) is 60.7 Å². The Morgan fingerprint density at radius 3 is 2.05 bits per heavy atom. The summed E-state index contributed by atoms with van der Waals surface area (Å²) in [7, 11) is 0. The van der Waals surface area contributed by atoms with Crippen LogP contribution >= 0.6 is 0 Å². The van der Waals surface area contributed by atoms with Gasteiger partial charge in [0.1, 0.15) is 0 Å². The Hall–Kier alpha value is -2.15. The van der Waals surface area contributed by atoms with Gasteiger partial charge in [0.25, 0.3) is 0 Å². The van der Waals surface area contributed by atoms with Gasteiger partial charge in [0.15, 0.2) is 5.78 Å². The van der Waals surface area contributed by atoms with Gasteiger partial charge >= 0.3 is 0 Å². The Morgan fingerprint density at radius 2 is 1.50 bits per heavy atom. The lowest BCUT2D eigenvalue weighted by Crippen LogP contribution is -2.10. The van der Waals surface area contributed by atoms with Gasteiger partial charge in [-0.25, -0.2) is 0 Å². The molecule has 2 aromatic rings. The highest BCUT2D eigenvalue weighted by Gasteiger charge is 2.12. The fourth-order valence-electron chi connectivity index (χ4n) is 1.96. The molecule has 102 valence electrons. The van der Waals surface area contributed by atoms with Crippen LogP contribution in [-0.2, 0) is 5.41 Å². The van der Waals surface area contributed by atoms with Gasteiger partial charge in [0.05, 0.1) is 0 Å². The van der Waals surface area contributed by atoms with E-state index in [2.05, 4.69) is 45.0 Å². The number of allylic oxidation sites excluding steroid dienone is 1. The molecule has 0 heterocycles.